The van der Waals surface area contributed by atoms with Gasteiger partial charge in [-0.05, 0) is 48.4 Å². The minimum absolute atomic E-state index is 0.0138. The molecule has 7 heteroatoms. The largest absolute Gasteiger partial charge is 0.497 e. The van der Waals surface area contributed by atoms with Crippen molar-refractivity contribution in [3.8, 4) is 17.2 Å². The molecule has 2 aromatic rings. The number of carbonyl (C=O) groups excluding carboxylic acids is 2. The number of hydrogen-bond donors (Lipinski definition) is 0. The molecule has 0 saturated carbocycles. The van der Waals surface area contributed by atoms with E-state index in [1.54, 1.807) is 36.3 Å². The van der Waals surface area contributed by atoms with Crippen molar-refractivity contribution < 1.29 is 23.8 Å². The van der Waals surface area contributed by atoms with Gasteiger partial charge in [0.2, 0.25) is 12.7 Å². The van der Waals surface area contributed by atoms with Gasteiger partial charge < -0.3 is 24.0 Å². The van der Waals surface area contributed by atoms with Crippen LogP contribution < -0.4 is 14.2 Å². The van der Waals surface area contributed by atoms with Gasteiger partial charge in [0.05, 0.1) is 7.11 Å². The predicted molar refractivity (Wildman–Crippen MR) is 106 cm³/mol. The topological polar surface area (TPSA) is 68.3 Å². The van der Waals surface area contributed by atoms with E-state index < -0.39 is 0 Å². The Morgan fingerprint density at radius 3 is 2.34 bits per heavy atom. The summed E-state index contributed by atoms with van der Waals surface area (Å²) < 4.78 is 15.8. The van der Waals surface area contributed by atoms with Gasteiger partial charge in [-0.25, -0.2) is 0 Å². The van der Waals surface area contributed by atoms with Crippen LogP contribution in [0, 0.1) is 0 Å². The van der Waals surface area contributed by atoms with Crippen LogP contribution in [0.4, 0.5) is 0 Å². The summed E-state index contributed by atoms with van der Waals surface area (Å²) in [7, 11) is 1.60. The third-order valence-electron chi connectivity index (χ3n) is 5.32. The van der Waals surface area contributed by atoms with Gasteiger partial charge >= 0.3 is 0 Å². The first-order valence-electron chi connectivity index (χ1n) is 9.73. The van der Waals surface area contributed by atoms with Crippen molar-refractivity contribution in [1.82, 2.24) is 9.80 Å². The Morgan fingerprint density at radius 1 is 0.931 bits per heavy atom. The molecule has 0 unspecified atom stereocenters. The van der Waals surface area contributed by atoms with Gasteiger partial charge in [-0.1, -0.05) is 6.07 Å². The standard InChI is InChI=1S/C22H24N2O5/c1-27-18-6-4-17(5-7-18)22(26)24-12-10-23(11-13-24)21(25)9-3-16-2-8-19-20(14-16)29-15-28-19/h2,4-8,14H,3,9-13,15H2,1H3. The predicted octanol–water partition coefficient (Wildman–Crippen LogP) is 2.34. The molecule has 0 bridgehead atoms. The maximum atomic E-state index is 12.6. The lowest BCUT2D eigenvalue weighted by atomic mass is 10.1. The number of amides is 2. The zero-order valence-corrected chi connectivity index (χ0v) is 16.4. The molecule has 0 spiro atoms. The molecule has 2 amide bonds. The maximum Gasteiger partial charge on any atom is 0.253 e. The summed E-state index contributed by atoms with van der Waals surface area (Å²) in [6, 6.07) is 12.9. The van der Waals surface area contributed by atoms with E-state index in [0.717, 1.165) is 22.8 Å². The Kier molecular flexibility index (Phi) is 5.55. The van der Waals surface area contributed by atoms with E-state index in [-0.39, 0.29) is 18.6 Å². The minimum Gasteiger partial charge on any atom is -0.497 e. The molecule has 2 aliphatic heterocycles. The molecule has 0 atom stereocenters. The fraction of sp³-hybridized carbons (Fsp3) is 0.364. The molecule has 29 heavy (non-hydrogen) atoms. The second-order valence-electron chi connectivity index (χ2n) is 7.09. The first-order chi connectivity index (χ1) is 14.1. The Morgan fingerprint density at radius 2 is 1.62 bits per heavy atom. The SMILES string of the molecule is COc1ccc(C(=O)N2CCN(C(=O)CCc3ccc4c(c3)OCO4)CC2)cc1. The molecule has 0 aliphatic carbocycles. The van der Waals surface area contributed by atoms with Crippen LogP contribution in [0.15, 0.2) is 42.5 Å². The van der Waals surface area contributed by atoms with Crippen molar-refractivity contribution in [2.45, 2.75) is 12.8 Å². The number of aryl methyl sites for hydroxylation is 1. The summed E-state index contributed by atoms with van der Waals surface area (Å²) in [6.45, 7) is 2.45. The van der Waals surface area contributed by atoms with E-state index in [2.05, 4.69) is 0 Å². The van der Waals surface area contributed by atoms with Crippen molar-refractivity contribution in [3.05, 3.63) is 53.6 Å². The second-order valence-corrected chi connectivity index (χ2v) is 7.09. The molecule has 2 heterocycles. The highest BCUT2D eigenvalue weighted by Crippen LogP contribution is 2.32. The van der Waals surface area contributed by atoms with Gasteiger partial charge in [0, 0.05) is 38.2 Å². The average molecular weight is 396 g/mol. The zero-order chi connectivity index (χ0) is 20.2. The number of fused-ring (bicyclic) bond motifs is 1. The van der Waals surface area contributed by atoms with Crippen molar-refractivity contribution in [1.29, 1.82) is 0 Å². The minimum atomic E-state index is -0.0138. The van der Waals surface area contributed by atoms with E-state index >= 15 is 0 Å². The normalized spacial score (nSPS) is 15.3. The summed E-state index contributed by atoms with van der Waals surface area (Å²) >= 11 is 0. The third kappa shape index (κ3) is 4.29. The molecule has 0 aromatic heterocycles. The number of ether oxygens (including phenoxy) is 3. The summed E-state index contributed by atoms with van der Waals surface area (Å²) in [6.07, 6.45) is 1.09. The van der Waals surface area contributed by atoms with Gasteiger partial charge in [-0.15, -0.1) is 0 Å². The Bertz CT molecular complexity index is 889. The van der Waals surface area contributed by atoms with Crippen molar-refractivity contribution >= 4 is 11.8 Å². The number of rotatable bonds is 5. The third-order valence-corrected chi connectivity index (χ3v) is 5.32. The monoisotopic (exact) mass is 396 g/mol. The van der Waals surface area contributed by atoms with Crippen molar-refractivity contribution in [3.63, 3.8) is 0 Å². The number of carbonyl (C=O) groups is 2. The van der Waals surface area contributed by atoms with Crippen molar-refractivity contribution in [2.24, 2.45) is 0 Å². The quantitative estimate of drug-likeness (QED) is 0.776. The number of methoxy groups -OCH3 is 1. The van der Waals surface area contributed by atoms with Gasteiger partial charge in [-0.3, -0.25) is 9.59 Å². The lowest BCUT2D eigenvalue weighted by Gasteiger charge is -2.35. The Hall–Kier alpha value is -3.22. The van der Waals surface area contributed by atoms with Gasteiger partial charge in [0.15, 0.2) is 11.5 Å². The van der Waals surface area contributed by atoms with E-state index in [1.165, 1.54) is 0 Å². The van der Waals surface area contributed by atoms with E-state index in [9.17, 15) is 9.59 Å². The number of benzene rings is 2. The number of hydrogen-bond acceptors (Lipinski definition) is 5. The summed E-state index contributed by atoms with van der Waals surface area (Å²) in [5.74, 6) is 2.30. The van der Waals surface area contributed by atoms with Crippen LogP contribution in [0.2, 0.25) is 0 Å². The van der Waals surface area contributed by atoms with Crippen LogP contribution >= 0.6 is 0 Å². The van der Waals surface area contributed by atoms with Crippen LogP contribution in [0.3, 0.4) is 0 Å². The fourth-order valence-electron chi connectivity index (χ4n) is 3.58. The van der Waals surface area contributed by atoms with E-state index in [4.69, 9.17) is 14.2 Å². The smallest absolute Gasteiger partial charge is 0.253 e. The zero-order valence-electron chi connectivity index (χ0n) is 16.4. The average Bonchev–Trinajstić information content (AvgIpc) is 3.25. The summed E-state index contributed by atoms with van der Waals surface area (Å²) in [5, 5.41) is 0. The Balaban J connectivity index is 1.26. The maximum absolute atomic E-state index is 12.6. The molecule has 1 fully saturated rings. The summed E-state index contributed by atoms with van der Waals surface area (Å²) in [5.41, 5.74) is 1.68. The van der Waals surface area contributed by atoms with Crippen LogP contribution in [-0.4, -0.2) is 61.7 Å². The lowest BCUT2D eigenvalue weighted by molar-refractivity contribution is -0.132. The molecule has 0 N–H and O–H groups in total. The summed E-state index contributed by atoms with van der Waals surface area (Å²) in [4.78, 5) is 28.8. The molecule has 1 saturated heterocycles. The van der Waals surface area contributed by atoms with E-state index in [1.807, 2.05) is 23.1 Å². The highest BCUT2D eigenvalue weighted by Gasteiger charge is 2.25. The highest BCUT2D eigenvalue weighted by molar-refractivity contribution is 5.94. The highest BCUT2D eigenvalue weighted by atomic mass is 16.7. The molecular formula is C22H24N2O5. The molecule has 2 aliphatic rings. The fourth-order valence-corrected chi connectivity index (χ4v) is 3.58. The van der Waals surface area contributed by atoms with Crippen LogP contribution in [0.25, 0.3) is 0 Å². The first kappa shape index (κ1) is 19.1. The Labute approximate surface area is 169 Å². The van der Waals surface area contributed by atoms with Gasteiger partial charge in [-0.2, -0.15) is 0 Å². The van der Waals surface area contributed by atoms with Crippen LogP contribution in [-0.2, 0) is 11.2 Å². The van der Waals surface area contributed by atoms with E-state index in [0.29, 0.717) is 44.6 Å². The van der Waals surface area contributed by atoms with Crippen molar-refractivity contribution in [2.75, 3.05) is 40.1 Å². The molecular weight excluding hydrogens is 372 g/mol. The first-order valence-corrected chi connectivity index (χ1v) is 9.73. The molecule has 4 rings (SSSR count). The van der Waals surface area contributed by atoms with Crippen LogP contribution in [0.5, 0.6) is 17.2 Å². The van der Waals surface area contributed by atoms with Crippen LogP contribution in [0.1, 0.15) is 22.3 Å². The molecule has 7 nitrogen and oxygen atoms in total. The number of nitrogens with zero attached hydrogens (tertiary/aromatic N) is 2. The van der Waals surface area contributed by atoms with Gasteiger partial charge in [0.25, 0.3) is 5.91 Å². The molecule has 2 aromatic carbocycles. The number of piperazine rings is 1. The molecule has 152 valence electrons. The lowest BCUT2D eigenvalue weighted by Crippen LogP contribution is -2.50. The second kappa shape index (κ2) is 8.43. The molecule has 0 radical (unpaired) electrons. The van der Waals surface area contributed by atoms with Gasteiger partial charge in [0.1, 0.15) is 5.75 Å².